The van der Waals surface area contributed by atoms with Gasteiger partial charge in [0, 0.05) is 149 Å². The highest BCUT2D eigenvalue weighted by Gasteiger charge is 2.40. The predicted molar refractivity (Wildman–Crippen MR) is 519 cm³/mol. The molecule has 15 aromatic rings. The average molecular weight is 2080 g/mol. The highest BCUT2D eigenvalue weighted by molar-refractivity contribution is 6.00. The Balaban J connectivity index is 0.000000133. The number of H-pyrrole nitrogens is 5. The maximum atomic E-state index is 14.3. The predicted octanol–water partition coefficient (Wildman–Crippen LogP) is 11.0. The first-order valence-corrected chi connectivity index (χ1v) is 47.0. The number of fused-ring (bicyclic) bond motifs is 5. The number of hydrogen-bond donors (Lipinski definition) is 20. The quantitative estimate of drug-likeness (QED) is 0.0187. The summed E-state index contributed by atoms with van der Waals surface area (Å²) in [7, 11) is 0. The Labute approximate surface area is 840 Å². The number of aryl methyl sites for hydroxylation is 6. The van der Waals surface area contributed by atoms with Crippen molar-refractivity contribution in [3.05, 3.63) is 297 Å². The Kier molecular flexibility index (Phi) is 32.4. The zero-order chi connectivity index (χ0) is 107. The summed E-state index contributed by atoms with van der Waals surface area (Å²) in [6, 6.07) is 38.7. The lowest BCUT2D eigenvalue weighted by molar-refractivity contribution is -0.128. The molecule has 44 heteroatoms. The van der Waals surface area contributed by atoms with Crippen LogP contribution in [0.3, 0.4) is 0 Å². The monoisotopic (exact) mass is 2080 g/mol. The van der Waals surface area contributed by atoms with E-state index >= 15 is 0 Å². The number of rotatable bonds is 25. The minimum Gasteiger partial charge on any atom is -0.389 e. The van der Waals surface area contributed by atoms with Crippen molar-refractivity contribution in [2.45, 2.75) is 132 Å². The van der Waals surface area contributed by atoms with Crippen molar-refractivity contribution < 1.29 is 135 Å². The first-order valence-electron chi connectivity index (χ1n) is 47.0. The van der Waals surface area contributed by atoms with E-state index in [0.717, 1.165) is 52.9 Å². The lowest BCUT2D eigenvalue weighted by atomic mass is 10.00. The van der Waals surface area contributed by atoms with Crippen molar-refractivity contribution in [3.63, 3.8) is 0 Å². The van der Waals surface area contributed by atoms with Gasteiger partial charge in [-0.25, -0.2) is 61.5 Å². The Morgan fingerprint density at radius 3 is 0.780 bits per heavy atom. The number of nitrogens with one attached hydrogen (secondary N) is 15. The Morgan fingerprint density at radius 1 is 0.267 bits per heavy atom. The van der Waals surface area contributed by atoms with Gasteiger partial charge in [0.15, 0.2) is 58.2 Å². The number of benzene rings is 10. The molecule has 5 fully saturated rings. The third kappa shape index (κ3) is 23.5. The summed E-state index contributed by atoms with van der Waals surface area (Å²) in [6.45, 7) is 1.99. The van der Waals surface area contributed by atoms with Crippen LogP contribution in [0.1, 0.15) is 65.5 Å². The van der Waals surface area contributed by atoms with Crippen LogP contribution in [0.2, 0.25) is 0 Å². The van der Waals surface area contributed by atoms with Gasteiger partial charge in [-0.05, 0) is 204 Å². The van der Waals surface area contributed by atoms with E-state index in [1.807, 2.05) is 30.3 Å². The van der Waals surface area contributed by atoms with Gasteiger partial charge >= 0.3 is 0 Å². The Hall–Kier alpha value is -16.6. The van der Waals surface area contributed by atoms with E-state index in [2.05, 4.69) is 78.1 Å². The summed E-state index contributed by atoms with van der Waals surface area (Å²) in [6.07, 6.45) is -4.56. The van der Waals surface area contributed by atoms with E-state index in [0.29, 0.717) is 107 Å². The first-order chi connectivity index (χ1) is 71.7. The Bertz CT molecular complexity index is 7680. The summed E-state index contributed by atoms with van der Waals surface area (Å²) in [5.74, 6) is -18.9. The van der Waals surface area contributed by atoms with Crippen LogP contribution in [0.4, 0.5) is 61.5 Å². The van der Waals surface area contributed by atoms with Crippen LogP contribution in [-0.2, 0) is 80.0 Å². The molecule has 0 bridgehead atoms. The number of hydrogen-bond acceptors (Lipinski definition) is 15. The van der Waals surface area contributed by atoms with E-state index in [4.69, 9.17) is 0 Å². The molecule has 10 amide bonds. The molecule has 0 saturated carbocycles. The van der Waals surface area contributed by atoms with E-state index in [9.17, 15) is 135 Å². The topological polar surface area (TPSA) is 471 Å². The van der Waals surface area contributed by atoms with Gasteiger partial charge in [-0.1, -0.05) is 60.7 Å². The first kappa shape index (κ1) is 106. The number of amides is 10. The van der Waals surface area contributed by atoms with Crippen LogP contribution < -0.4 is 53.2 Å². The molecule has 20 rings (SSSR count). The lowest BCUT2D eigenvalue weighted by Gasteiger charge is -2.14. The fourth-order valence-electron chi connectivity index (χ4n) is 18.4. The molecule has 150 heavy (non-hydrogen) atoms. The molecule has 0 radical (unpaired) electrons. The van der Waals surface area contributed by atoms with Crippen molar-refractivity contribution in [1.82, 2.24) is 78.1 Å². The molecule has 780 valence electrons. The van der Waals surface area contributed by atoms with Crippen LogP contribution in [0.25, 0.3) is 111 Å². The molecular weight excluding hydrogens is 1990 g/mol. The van der Waals surface area contributed by atoms with Gasteiger partial charge in [0.05, 0.1) is 16.6 Å². The maximum absolute atomic E-state index is 14.3. The molecule has 0 aliphatic carbocycles. The van der Waals surface area contributed by atoms with Crippen molar-refractivity contribution in [1.29, 1.82) is 0 Å². The summed E-state index contributed by atoms with van der Waals surface area (Å²) < 4.78 is 193. The summed E-state index contributed by atoms with van der Waals surface area (Å²) in [4.78, 5) is 135. The Morgan fingerprint density at radius 2 is 0.507 bits per heavy atom. The molecule has 10 aromatic carbocycles. The molecule has 5 aliphatic heterocycles. The van der Waals surface area contributed by atoms with Gasteiger partial charge in [0.25, 0.3) is 0 Å². The zero-order valence-electron chi connectivity index (χ0n) is 78.8. The molecule has 30 nitrogen and oxygen atoms in total. The summed E-state index contributed by atoms with van der Waals surface area (Å²) in [5.41, 5.74) is 10.0. The van der Waals surface area contributed by atoms with Gasteiger partial charge in [-0.15, -0.1) is 0 Å². The fourth-order valence-corrected chi connectivity index (χ4v) is 18.4. The molecule has 0 unspecified atom stereocenters. The highest BCUT2D eigenvalue weighted by Crippen LogP contribution is 2.41. The van der Waals surface area contributed by atoms with Gasteiger partial charge in [0.2, 0.25) is 59.1 Å². The van der Waals surface area contributed by atoms with Crippen LogP contribution >= 0.6 is 0 Å². The SMILES string of the molecule is Cc1c(F)ccc2c(CCC(=O)N[C@@H]3C(=O)NC[C@H]3O)c(-c3ccc(F)cc3)[nH]c12.O=C(CCc1c(-c2ccc(F)cc2)[nH]c2c(F)c(F)c(F)cc12)N[C@@H]1C(=O)NC[C@H]1O.O=C(CCc1c(-c2ccc(F)cc2)[nH]c2cc(F)c(F)cc12)N[C@@H]1C(=O)NC[C@H]1O.O=C(CCc1c(-c2ccccc2)[nH]c2c(F)c(F)c(F)cc12)N[C@@H]1C(=O)NC[C@H]1O.O=C(CCc1c(-c2ccccc2)[nH]c2cc(F)c(F)cc12)N[C@@H]1C(=O)NC[C@H]1O. The van der Waals surface area contributed by atoms with Crippen LogP contribution in [0, 0.1) is 88.4 Å². The van der Waals surface area contributed by atoms with Crippen LogP contribution in [-0.4, -0.2) is 203 Å². The highest BCUT2D eigenvalue weighted by atomic mass is 19.2. The maximum Gasteiger partial charge on any atom is 0.245 e. The largest absolute Gasteiger partial charge is 0.389 e. The third-order valence-electron chi connectivity index (χ3n) is 26.1. The minimum absolute atomic E-state index is 0.0162. The van der Waals surface area contributed by atoms with Gasteiger partial charge < -0.3 is 104 Å². The number of halogens is 14. The molecular formula is C106H93F14N15O15. The fraction of sp³-hybridized carbons (Fsp3) is 0.245. The van der Waals surface area contributed by atoms with E-state index in [1.165, 1.54) is 66.7 Å². The lowest BCUT2D eigenvalue weighted by Crippen LogP contribution is -2.45. The van der Waals surface area contributed by atoms with Gasteiger partial charge in [-0.3, -0.25) is 47.9 Å². The summed E-state index contributed by atoms with van der Waals surface area (Å²) in [5, 5.41) is 75.4. The number of aliphatic hydroxyl groups excluding tert-OH is 5. The van der Waals surface area contributed by atoms with Gasteiger partial charge in [-0.2, -0.15) is 0 Å². The number of carbonyl (C=O) groups excluding carboxylic acids is 10. The van der Waals surface area contributed by atoms with Crippen molar-refractivity contribution in [2.75, 3.05) is 32.7 Å². The normalized spacial score (nSPS) is 18.6. The molecule has 10 heterocycles. The van der Waals surface area contributed by atoms with Gasteiger partial charge in [0.1, 0.15) is 84.0 Å². The number of β-amino-alcohol motifs (C(OH)–C–C–N with tert-alkyl or cyclic N) is 5. The van der Waals surface area contributed by atoms with Crippen molar-refractivity contribution in [3.8, 4) is 56.3 Å². The number of aromatic nitrogens is 5. The molecule has 5 saturated heterocycles. The standard InChI is InChI=1S/C22H21F2N3O3.C21H17F4N3O3.2C21H18F3N3O3.C21H19F2N3O3/c1-11-16(24)8-6-14-15(7-9-18(29)26-21-17(28)10-25-22(21)30)20(27-19(11)14)12-2-4-13(23)5-3-12;22-10-3-1-9(2-4-10)18-11(12-7-13(23)16(24)17(25)19(12)28-18)5-6-15(30)27-20-14(29)8-26-21(20)31;22-11-3-1-10(2-4-11)19-12(13-7-14(23)15(24)8-16(13)26-19)5-6-18(29)27-20-17(28)9-25-21(20)30;22-13-8-12-11(6-7-15(29)26-20-14(28)9-25-21(20)30)18(10-4-2-1-3-5-10)27-19(12)17(24)16(13)23;22-14-8-13-12(6-7-18(28)26-20-17(27)10-24-21(20)29)19(11-4-2-1-3-5-11)25-16(13)9-15(14)23/h2-6,8,17,21,27-28H,7,9-10H2,1H3,(H,25,30)(H,26,29);1-4,7,14,20,28-29H,5-6,8H2,(H,26,31)(H,27,30);1-4,7-8,17,20,26,28H,5-6,9H2,(H,25,30)(H,27,29);1-5,8,14,20,27-28H,6-7,9H2,(H,25,30)(H,26,29);1-5,8-9,17,20,25,27H,6-7,10H2,(H,24,29)(H,26,28)/t17-,21+;14-,20+;17-,20+;14-,20+;17-,20+/m11111/s1. The minimum atomic E-state index is -1.63. The van der Waals surface area contributed by atoms with E-state index < -0.39 is 184 Å². The smallest absolute Gasteiger partial charge is 0.245 e. The van der Waals surface area contributed by atoms with Crippen LogP contribution in [0.5, 0.6) is 0 Å². The van der Waals surface area contributed by atoms with Crippen molar-refractivity contribution in [2.24, 2.45) is 0 Å². The number of carbonyl (C=O) groups is 10. The average Bonchev–Trinajstić information content (AvgIpc) is 1.61. The zero-order valence-corrected chi connectivity index (χ0v) is 78.8. The second-order valence-electron chi connectivity index (χ2n) is 36.0. The second kappa shape index (κ2) is 45.8. The summed E-state index contributed by atoms with van der Waals surface area (Å²) >= 11 is 0. The number of aliphatic hydroxyl groups is 5. The third-order valence-corrected chi connectivity index (χ3v) is 26.1. The molecule has 20 N–H and O–H groups in total. The van der Waals surface area contributed by atoms with E-state index in [1.54, 1.807) is 55.5 Å². The van der Waals surface area contributed by atoms with E-state index in [-0.39, 0.29) is 136 Å². The van der Waals surface area contributed by atoms with Crippen LogP contribution in [0.15, 0.2) is 182 Å². The molecule has 0 spiro atoms. The second-order valence-corrected chi connectivity index (χ2v) is 36.0. The molecule has 5 aliphatic rings. The molecule has 10 atom stereocenters. The molecule has 5 aromatic heterocycles. The number of aromatic amines is 5. The van der Waals surface area contributed by atoms with Crippen molar-refractivity contribution >= 4 is 114 Å².